The summed E-state index contributed by atoms with van der Waals surface area (Å²) in [6.45, 7) is 5.40. The lowest BCUT2D eigenvalue weighted by molar-refractivity contribution is 0.0846. The number of fused-ring (bicyclic) bond motifs is 1. The van der Waals surface area contributed by atoms with Gasteiger partial charge >= 0.3 is 0 Å². The number of rotatable bonds is 4. The van der Waals surface area contributed by atoms with Gasteiger partial charge in [-0.25, -0.2) is 0 Å². The van der Waals surface area contributed by atoms with Crippen LogP contribution < -0.4 is 0 Å². The number of aromatic nitrogens is 1. The van der Waals surface area contributed by atoms with Gasteiger partial charge in [0.15, 0.2) is 0 Å². The van der Waals surface area contributed by atoms with E-state index in [0.717, 1.165) is 38.5 Å². The Morgan fingerprint density at radius 2 is 1.76 bits per heavy atom. The van der Waals surface area contributed by atoms with Gasteiger partial charge < -0.3 is 4.74 Å². The van der Waals surface area contributed by atoms with Crippen molar-refractivity contribution in [3.63, 3.8) is 0 Å². The van der Waals surface area contributed by atoms with Crippen molar-refractivity contribution in [2.45, 2.75) is 56.9 Å². The van der Waals surface area contributed by atoms with Crippen LogP contribution in [-0.2, 0) is 11.3 Å². The highest BCUT2D eigenvalue weighted by Gasteiger charge is 2.27. The van der Waals surface area contributed by atoms with Crippen molar-refractivity contribution >= 4 is 10.9 Å². The molecule has 2 aromatic rings. The Kier molecular flexibility index (Phi) is 4.23. The van der Waals surface area contributed by atoms with Crippen molar-refractivity contribution in [1.29, 1.82) is 0 Å². The van der Waals surface area contributed by atoms with Gasteiger partial charge in [0.1, 0.15) is 0 Å². The molecule has 5 rings (SSSR count). The fraction of sp³-hybridized carbons (Fsp3) is 0.591. The highest BCUT2D eigenvalue weighted by Crippen LogP contribution is 2.43. The van der Waals surface area contributed by atoms with Crippen LogP contribution in [0.25, 0.3) is 10.9 Å². The zero-order valence-corrected chi connectivity index (χ0v) is 15.0. The normalized spacial score (nSPS) is 22.7. The van der Waals surface area contributed by atoms with Crippen molar-refractivity contribution < 1.29 is 4.74 Å². The molecule has 2 aliphatic heterocycles. The monoisotopic (exact) mass is 336 g/mol. The first-order valence-electron chi connectivity index (χ1n) is 10.1. The minimum absolute atomic E-state index is 0.578. The molecule has 2 saturated heterocycles. The van der Waals surface area contributed by atoms with Crippen LogP contribution >= 0.6 is 0 Å². The summed E-state index contributed by atoms with van der Waals surface area (Å²) >= 11 is 0. The van der Waals surface area contributed by atoms with Crippen LogP contribution in [0.2, 0.25) is 0 Å². The summed E-state index contributed by atoms with van der Waals surface area (Å²) in [7, 11) is 0. The molecule has 1 saturated carbocycles. The molecule has 3 aliphatic rings. The Morgan fingerprint density at radius 1 is 0.960 bits per heavy atom. The predicted molar refractivity (Wildman–Crippen MR) is 101 cm³/mol. The van der Waals surface area contributed by atoms with Crippen molar-refractivity contribution in [3.8, 4) is 0 Å². The van der Waals surface area contributed by atoms with E-state index in [-0.39, 0.29) is 0 Å². The van der Waals surface area contributed by atoms with Crippen LogP contribution in [0.1, 0.15) is 67.2 Å². The molecule has 0 amide bonds. The molecule has 0 atom stereocenters. The second kappa shape index (κ2) is 6.69. The van der Waals surface area contributed by atoms with E-state index in [1.54, 1.807) is 0 Å². The van der Waals surface area contributed by atoms with Crippen LogP contribution in [0.15, 0.2) is 24.3 Å². The quantitative estimate of drug-likeness (QED) is 0.816. The maximum Gasteiger partial charge on any atom is 0.0740 e. The van der Waals surface area contributed by atoms with Crippen molar-refractivity contribution in [1.82, 2.24) is 9.88 Å². The molecule has 3 nitrogen and oxygen atoms in total. The van der Waals surface area contributed by atoms with Gasteiger partial charge in [0.2, 0.25) is 0 Å². The summed E-state index contributed by atoms with van der Waals surface area (Å²) in [6, 6.07) is 9.46. The summed E-state index contributed by atoms with van der Waals surface area (Å²) in [5.41, 5.74) is 5.55. The molecule has 0 bridgehead atoms. The van der Waals surface area contributed by atoms with E-state index < -0.39 is 0 Å². The molecule has 3 heterocycles. The molecule has 1 aromatic carbocycles. The average Bonchev–Trinajstić information content (AvgIpc) is 3.38. The molecule has 0 radical (unpaired) electrons. The fourth-order valence-corrected chi connectivity index (χ4v) is 4.56. The molecule has 0 N–H and O–H groups in total. The molecule has 0 unspecified atom stereocenters. The SMILES string of the molecule is c1cc2cc(CN3CCCC3)cc(C3CC3)c2nc1C1CCOCC1. The van der Waals surface area contributed by atoms with Gasteiger partial charge in [-0.1, -0.05) is 12.1 Å². The maximum atomic E-state index is 5.53. The summed E-state index contributed by atoms with van der Waals surface area (Å²) in [4.78, 5) is 7.76. The minimum Gasteiger partial charge on any atom is -0.381 e. The van der Waals surface area contributed by atoms with Gasteiger partial charge in [-0.15, -0.1) is 0 Å². The first kappa shape index (κ1) is 15.8. The molecule has 25 heavy (non-hydrogen) atoms. The number of pyridine rings is 1. The summed E-state index contributed by atoms with van der Waals surface area (Å²) in [5, 5.41) is 1.34. The first-order chi connectivity index (χ1) is 12.4. The number of hydrogen-bond donors (Lipinski definition) is 0. The van der Waals surface area contributed by atoms with Crippen LogP contribution in [0.3, 0.4) is 0 Å². The second-order valence-electron chi connectivity index (χ2n) is 8.14. The number of hydrogen-bond acceptors (Lipinski definition) is 3. The lowest BCUT2D eigenvalue weighted by Crippen LogP contribution is -2.18. The lowest BCUT2D eigenvalue weighted by atomic mass is 9.94. The molecule has 0 spiro atoms. The third-order valence-corrected chi connectivity index (χ3v) is 6.16. The third-order valence-electron chi connectivity index (χ3n) is 6.16. The van der Waals surface area contributed by atoms with E-state index in [1.807, 2.05) is 0 Å². The highest BCUT2D eigenvalue weighted by molar-refractivity contribution is 5.84. The zero-order chi connectivity index (χ0) is 16.6. The van der Waals surface area contributed by atoms with E-state index in [4.69, 9.17) is 9.72 Å². The minimum atomic E-state index is 0.578. The molecule has 132 valence electrons. The van der Waals surface area contributed by atoms with Crippen molar-refractivity contribution in [3.05, 3.63) is 41.1 Å². The Hall–Kier alpha value is -1.45. The fourth-order valence-electron chi connectivity index (χ4n) is 4.56. The Bertz CT molecular complexity index is 756. The standard InChI is InChI=1S/C22H28N2O/c1-2-10-24(9-1)15-16-13-19-5-6-21(18-7-11-25-12-8-18)23-22(19)20(14-16)17-3-4-17/h5-6,13-14,17-18H,1-4,7-12,15H2. The van der Waals surface area contributed by atoms with Crippen molar-refractivity contribution in [2.75, 3.05) is 26.3 Å². The van der Waals surface area contributed by atoms with Crippen LogP contribution in [0, 0.1) is 0 Å². The van der Waals surface area contributed by atoms with Crippen LogP contribution in [-0.4, -0.2) is 36.2 Å². The smallest absolute Gasteiger partial charge is 0.0740 e. The molecular weight excluding hydrogens is 308 g/mol. The lowest BCUT2D eigenvalue weighted by Gasteiger charge is -2.22. The molecular formula is C22H28N2O. The van der Waals surface area contributed by atoms with E-state index >= 15 is 0 Å². The number of ether oxygens (including phenoxy) is 1. The van der Waals surface area contributed by atoms with Gasteiger partial charge in [0.25, 0.3) is 0 Å². The molecule has 1 aliphatic carbocycles. The third kappa shape index (κ3) is 3.32. The largest absolute Gasteiger partial charge is 0.381 e. The number of benzene rings is 1. The van der Waals surface area contributed by atoms with Gasteiger partial charge in [-0.05, 0) is 80.8 Å². The van der Waals surface area contributed by atoms with E-state index in [1.165, 1.54) is 66.5 Å². The van der Waals surface area contributed by atoms with Crippen molar-refractivity contribution in [2.24, 2.45) is 0 Å². The average molecular weight is 336 g/mol. The number of likely N-dealkylation sites (tertiary alicyclic amines) is 1. The van der Waals surface area contributed by atoms with Gasteiger partial charge in [0.05, 0.1) is 5.52 Å². The van der Waals surface area contributed by atoms with Crippen LogP contribution in [0.4, 0.5) is 0 Å². The van der Waals surface area contributed by atoms with E-state index in [0.29, 0.717) is 5.92 Å². The highest BCUT2D eigenvalue weighted by atomic mass is 16.5. The Balaban J connectivity index is 1.50. The first-order valence-corrected chi connectivity index (χ1v) is 10.1. The van der Waals surface area contributed by atoms with E-state index in [2.05, 4.69) is 29.2 Å². The summed E-state index contributed by atoms with van der Waals surface area (Å²) < 4.78 is 5.53. The molecule has 1 aromatic heterocycles. The Morgan fingerprint density at radius 3 is 2.52 bits per heavy atom. The maximum absolute atomic E-state index is 5.53. The zero-order valence-electron chi connectivity index (χ0n) is 15.0. The van der Waals surface area contributed by atoms with Gasteiger partial charge in [0, 0.05) is 36.8 Å². The number of nitrogens with zero attached hydrogens (tertiary/aromatic N) is 2. The molecule has 3 fully saturated rings. The van der Waals surface area contributed by atoms with E-state index in [9.17, 15) is 0 Å². The topological polar surface area (TPSA) is 25.4 Å². The Labute approximate surface area is 150 Å². The van der Waals surface area contributed by atoms with Crippen LogP contribution in [0.5, 0.6) is 0 Å². The predicted octanol–water partition coefficient (Wildman–Crippen LogP) is 4.60. The molecule has 3 heteroatoms. The summed E-state index contributed by atoms with van der Waals surface area (Å²) in [6.07, 6.45) is 7.63. The summed E-state index contributed by atoms with van der Waals surface area (Å²) in [5.74, 6) is 1.33. The van der Waals surface area contributed by atoms with Gasteiger partial charge in [-0.2, -0.15) is 0 Å². The van der Waals surface area contributed by atoms with Gasteiger partial charge in [-0.3, -0.25) is 9.88 Å². The second-order valence-corrected chi connectivity index (χ2v) is 8.14.